The first-order valence-corrected chi connectivity index (χ1v) is 5.84. The van der Waals surface area contributed by atoms with Gasteiger partial charge in [-0.3, -0.25) is 19.3 Å². The lowest BCUT2D eigenvalue weighted by Crippen LogP contribution is -2.33. The zero-order valence-electron chi connectivity index (χ0n) is 10.1. The average molecular weight is 284 g/mol. The Balaban J connectivity index is 2.12. The van der Waals surface area contributed by atoms with Crippen LogP contribution in [-0.4, -0.2) is 59.8 Å². The summed E-state index contributed by atoms with van der Waals surface area (Å²) in [7, 11) is 0. The second kappa shape index (κ2) is 4.52. The van der Waals surface area contributed by atoms with Crippen LogP contribution in [0.3, 0.4) is 0 Å². The Morgan fingerprint density at radius 2 is 2.05 bits per heavy atom. The third kappa shape index (κ3) is 1.78. The molecule has 1 fully saturated rings. The number of nitrogens with one attached hydrogen (secondary N) is 2. The fourth-order valence-corrected chi connectivity index (χ4v) is 2.25. The molecule has 10 nitrogen and oxygen atoms in total. The van der Waals surface area contributed by atoms with Crippen molar-refractivity contribution in [2.24, 2.45) is 0 Å². The molecule has 0 bridgehead atoms. The molecule has 0 aliphatic carbocycles. The molecule has 1 aliphatic rings. The fraction of sp³-hybridized carbons (Fsp3) is 0.500. The molecule has 0 saturated carbocycles. The molecule has 3 heterocycles. The number of aromatic nitrogens is 4. The summed E-state index contributed by atoms with van der Waals surface area (Å²) in [4.78, 5) is 31.1. The normalized spacial score (nSPS) is 30.1. The van der Waals surface area contributed by atoms with Gasteiger partial charge in [0.15, 0.2) is 11.7 Å². The van der Waals surface area contributed by atoms with E-state index in [9.17, 15) is 19.8 Å². The molecule has 108 valence electrons. The highest BCUT2D eigenvalue weighted by atomic mass is 16.6. The van der Waals surface area contributed by atoms with E-state index in [2.05, 4.69) is 9.97 Å². The van der Waals surface area contributed by atoms with E-state index in [0.717, 1.165) is 0 Å². The Bertz CT molecular complexity index is 748. The SMILES string of the molecule is O=c1[nH]c(=O)c2ncn([C@@H]3O[C@@H](CO)[C@@H](O)[C@H]3O)c2[nH]1. The molecule has 2 aromatic heterocycles. The first-order chi connectivity index (χ1) is 9.52. The lowest BCUT2D eigenvalue weighted by molar-refractivity contribution is -0.0511. The summed E-state index contributed by atoms with van der Waals surface area (Å²) < 4.78 is 6.54. The number of aromatic amines is 2. The van der Waals surface area contributed by atoms with E-state index >= 15 is 0 Å². The highest BCUT2D eigenvalue weighted by Gasteiger charge is 2.43. The molecule has 1 saturated heterocycles. The number of ether oxygens (including phenoxy) is 1. The van der Waals surface area contributed by atoms with Crippen molar-refractivity contribution in [1.29, 1.82) is 0 Å². The predicted octanol–water partition coefficient (Wildman–Crippen LogP) is -2.98. The second-order valence-corrected chi connectivity index (χ2v) is 4.49. The van der Waals surface area contributed by atoms with E-state index in [4.69, 9.17) is 9.84 Å². The van der Waals surface area contributed by atoms with E-state index in [0.29, 0.717) is 0 Å². The van der Waals surface area contributed by atoms with Gasteiger partial charge in [-0.2, -0.15) is 0 Å². The second-order valence-electron chi connectivity index (χ2n) is 4.49. The topological polar surface area (TPSA) is 153 Å². The van der Waals surface area contributed by atoms with Gasteiger partial charge < -0.3 is 20.1 Å². The monoisotopic (exact) mass is 284 g/mol. The van der Waals surface area contributed by atoms with Crippen LogP contribution in [0.2, 0.25) is 0 Å². The van der Waals surface area contributed by atoms with Crippen LogP contribution < -0.4 is 11.2 Å². The first-order valence-electron chi connectivity index (χ1n) is 5.84. The van der Waals surface area contributed by atoms with Gasteiger partial charge in [0, 0.05) is 0 Å². The van der Waals surface area contributed by atoms with Crippen molar-refractivity contribution in [3.05, 3.63) is 27.2 Å². The number of hydrogen-bond acceptors (Lipinski definition) is 7. The van der Waals surface area contributed by atoms with Crippen LogP contribution in [0, 0.1) is 0 Å². The van der Waals surface area contributed by atoms with Crippen LogP contribution in [0.5, 0.6) is 0 Å². The van der Waals surface area contributed by atoms with Crippen molar-refractivity contribution < 1.29 is 20.1 Å². The van der Waals surface area contributed by atoms with Gasteiger partial charge in [0.05, 0.1) is 12.9 Å². The van der Waals surface area contributed by atoms with Crippen LogP contribution in [0.1, 0.15) is 6.23 Å². The van der Waals surface area contributed by atoms with Crippen molar-refractivity contribution >= 4 is 11.2 Å². The van der Waals surface area contributed by atoms with Crippen LogP contribution >= 0.6 is 0 Å². The first kappa shape index (κ1) is 13.0. The standard InChI is InChI=1S/C10H12N4O6/c15-1-3-5(16)6(17)9(20-3)14-2-11-4-7(14)12-10(19)13-8(4)18/h2-3,5-6,9,15-17H,1H2,(H2,12,13,18,19)/t3-,5+,6+,9+/m0/s1. The van der Waals surface area contributed by atoms with Crippen molar-refractivity contribution in [3.8, 4) is 0 Å². The summed E-state index contributed by atoms with van der Waals surface area (Å²) in [6.07, 6.45) is -3.43. The summed E-state index contributed by atoms with van der Waals surface area (Å²) in [6.45, 7) is -0.474. The van der Waals surface area contributed by atoms with Gasteiger partial charge in [0.25, 0.3) is 5.56 Å². The molecule has 2 aromatic rings. The molecule has 5 N–H and O–H groups in total. The molecule has 4 atom stereocenters. The quantitative estimate of drug-likeness (QED) is 0.394. The van der Waals surface area contributed by atoms with E-state index in [1.54, 1.807) is 0 Å². The number of aliphatic hydroxyl groups excluding tert-OH is 3. The molecule has 10 heteroatoms. The van der Waals surface area contributed by atoms with Crippen LogP contribution in [-0.2, 0) is 4.74 Å². The maximum Gasteiger partial charge on any atom is 0.327 e. The molecular weight excluding hydrogens is 272 g/mol. The van der Waals surface area contributed by atoms with Gasteiger partial charge in [0.2, 0.25) is 0 Å². The van der Waals surface area contributed by atoms with Crippen molar-refractivity contribution in [1.82, 2.24) is 19.5 Å². The largest absolute Gasteiger partial charge is 0.394 e. The Morgan fingerprint density at radius 1 is 1.30 bits per heavy atom. The lowest BCUT2D eigenvalue weighted by Gasteiger charge is -2.16. The maximum absolute atomic E-state index is 11.6. The zero-order chi connectivity index (χ0) is 14.4. The van der Waals surface area contributed by atoms with Crippen molar-refractivity contribution in [2.45, 2.75) is 24.5 Å². The molecule has 3 rings (SSSR count). The smallest absolute Gasteiger partial charge is 0.327 e. The third-order valence-corrected chi connectivity index (χ3v) is 3.26. The molecule has 1 aliphatic heterocycles. The summed E-state index contributed by atoms with van der Waals surface area (Å²) in [6, 6.07) is 0. The average Bonchev–Trinajstić information content (AvgIpc) is 2.93. The Kier molecular flexibility index (Phi) is 2.94. The Hall–Kier alpha value is -2.01. The third-order valence-electron chi connectivity index (χ3n) is 3.26. The van der Waals surface area contributed by atoms with Gasteiger partial charge in [-0.1, -0.05) is 0 Å². The predicted molar refractivity (Wildman–Crippen MR) is 64.0 cm³/mol. The van der Waals surface area contributed by atoms with Gasteiger partial charge in [-0.05, 0) is 0 Å². The number of H-pyrrole nitrogens is 2. The van der Waals surface area contributed by atoms with E-state index in [1.807, 2.05) is 4.98 Å². The van der Waals surface area contributed by atoms with Gasteiger partial charge in [0.1, 0.15) is 24.0 Å². The van der Waals surface area contributed by atoms with E-state index < -0.39 is 42.4 Å². The van der Waals surface area contributed by atoms with Crippen molar-refractivity contribution in [2.75, 3.05) is 6.61 Å². The number of rotatable bonds is 2. The summed E-state index contributed by atoms with van der Waals surface area (Å²) in [5.41, 5.74) is -1.36. The highest BCUT2D eigenvalue weighted by molar-refractivity contribution is 5.68. The molecule has 0 amide bonds. The van der Waals surface area contributed by atoms with Crippen LogP contribution in [0.4, 0.5) is 0 Å². The number of fused-ring (bicyclic) bond motifs is 1. The Labute approximate surface area is 110 Å². The summed E-state index contributed by atoms with van der Waals surface area (Å²) >= 11 is 0. The molecular formula is C10H12N4O6. The molecule has 0 radical (unpaired) electrons. The Morgan fingerprint density at radius 3 is 2.70 bits per heavy atom. The number of nitrogens with zero attached hydrogens (tertiary/aromatic N) is 2. The molecule has 0 unspecified atom stereocenters. The van der Waals surface area contributed by atoms with Gasteiger partial charge in [-0.25, -0.2) is 9.78 Å². The van der Waals surface area contributed by atoms with Crippen LogP contribution in [0.25, 0.3) is 11.2 Å². The minimum atomic E-state index is -1.33. The maximum atomic E-state index is 11.6. The number of hydrogen-bond donors (Lipinski definition) is 5. The van der Waals surface area contributed by atoms with Gasteiger partial charge in [-0.15, -0.1) is 0 Å². The van der Waals surface area contributed by atoms with Crippen LogP contribution in [0.15, 0.2) is 15.9 Å². The van der Waals surface area contributed by atoms with E-state index in [1.165, 1.54) is 10.9 Å². The minimum absolute atomic E-state index is 0.0256. The minimum Gasteiger partial charge on any atom is -0.394 e. The lowest BCUT2D eigenvalue weighted by atomic mass is 10.1. The fourth-order valence-electron chi connectivity index (χ4n) is 2.25. The van der Waals surface area contributed by atoms with Crippen molar-refractivity contribution in [3.63, 3.8) is 0 Å². The molecule has 0 aromatic carbocycles. The van der Waals surface area contributed by atoms with E-state index in [-0.39, 0.29) is 11.2 Å². The van der Waals surface area contributed by atoms with Gasteiger partial charge >= 0.3 is 5.69 Å². The molecule has 0 spiro atoms. The number of imidazole rings is 1. The summed E-state index contributed by atoms with van der Waals surface area (Å²) in [5, 5.41) is 28.7. The zero-order valence-corrected chi connectivity index (χ0v) is 10.1. The highest BCUT2D eigenvalue weighted by Crippen LogP contribution is 2.30. The number of aliphatic hydroxyl groups is 3. The summed E-state index contributed by atoms with van der Waals surface area (Å²) in [5.74, 6) is 0. The molecule has 20 heavy (non-hydrogen) atoms.